The number of hydrogen-bond acceptors (Lipinski definition) is 3. The lowest BCUT2D eigenvalue weighted by molar-refractivity contribution is -0.130. The molecule has 4 nitrogen and oxygen atoms in total. The van der Waals surface area contributed by atoms with E-state index in [2.05, 4.69) is 5.32 Å². The third kappa shape index (κ3) is 3.00. The van der Waals surface area contributed by atoms with Gasteiger partial charge in [0.15, 0.2) is 0 Å². The average molecular weight is 250 g/mol. The van der Waals surface area contributed by atoms with E-state index < -0.39 is 0 Å². The molecule has 5 heteroatoms. The maximum atomic E-state index is 11.8. The van der Waals surface area contributed by atoms with Gasteiger partial charge in [-0.1, -0.05) is 18.2 Å². The minimum Gasteiger partial charge on any atom is -0.324 e. The van der Waals surface area contributed by atoms with Crippen molar-refractivity contribution in [1.29, 1.82) is 0 Å². The number of nitrogens with one attached hydrogen (secondary N) is 1. The molecule has 0 aromatic heterocycles. The molecule has 1 aromatic carbocycles. The van der Waals surface area contributed by atoms with Crippen LogP contribution in [-0.2, 0) is 9.59 Å². The molecule has 17 heavy (non-hydrogen) atoms. The van der Waals surface area contributed by atoms with Gasteiger partial charge in [0.1, 0.15) is 6.54 Å². The largest absolute Gasteiger partial charge is 0.324 e. The molecule has 1 aliphatic rings. The first kappa shape index (κ1) is 12.0. The maximum Gasteiger partial charge on any atom is 0.244 e. The van der Waals surface area contributed by atoms with E-state index in [1.165, 1.54) is 11.8 Å². The lowest BCUT2D eigenvalue weighted by Gasteiger charge is -2.14. The number of para-hydroxylation sites is 1. The Morgan fingerprint density at radius 1 is 1.47 bits per heavy atom. The van der Waals surface area contributed by atoms with Gasteiger partial charge in [-0.2, -0.15) is 0 Å². The fourth-order valence-electron chi connectivity index (χ4n) is 1.62. The first-order chi connectivity index (χ1) is 8.16. The Morgan fingerprint density at radius 3 is 2.88 bits per heavy atom. The summed E-state index contributed by atoms with van der Waals surface area (Å²) in [4.78, 5) is 24.7. The van der Waals surface area contributed by atoms with Crippen molar-refractivity contribution in [3.8, 4) is 0 Å². The average Bonchev–Trinajstić information content (AvgIpc) is 2.68. The van der Waals surface area contributed by atoms with Gasteiger partial charge in [0, 0.05) is 5.69 Å². The van der Waals surface area contributed by atoms with Crippen LogP contribution >= 0.6 is 11.8 Å². The normalized spacial score (nSPS) is 15.1. The van der Waals surface area contributed by atoms with E-state index in [1.54, 1.807) is 4.90 Å². The van der Waals surface area contributed by atoms with Crippen molar-refractivity contribution < 1.29 is 9.59 Å². The molecule has 1 aromatic rings. The number of nitrogens with zero attached hydrogens (tertiary/aromatic N) is 1. The van der Waals surface area contributed by atoms with Gasteiger partial charge in [-0.15, -0.1) is 11.8 Å². The van der Waals surface area contributed by atoms with Crippen LogP contribution in [-0.4, -0.2) is 34.9 Å². The van der Waals surface area contributed by atoms with Crippen LogP contribution in [0, 0.1) is 6.92 Å². The van der Waals surface area contributed by atoms with E-state index in [-0.39, 0.29) is 18.4 Å². The number of rotatable bonds is 3. The first-order valence-corrected chi connectivity index (χ1v) is 6.53. The molecular weight excluding hydrogens is 236 g/mol. The number of anilines is 1. The van der Waals surface area contributed by atoms with Gasteiger partial charge in [0.05, 0.1) is 11.6 Å². The Kier molecular flexibility index (Phi) is 3.68. The molecule has 0 bridgehead atoms. The van der Waals surface area contributed by atoms with Crippen LogP contribution in [0.15, 0.2) is 24.3 Å². The molecule has 1 aliphatic heterocycles. The summed E-state index contributed by atoms with van der Waals surface area (Å²) in [6.45, 7) is 2.08. The molecule has 90 valence electrons. The van der Waals surface area contributed by atoms with E-state index in [9.17, 15) is 9.59 Å². The number of amides is 2. The zero-order valence-electron chi connectivity index (χ0n) is 9.60. The van der Waals surface area contributed by atoms with Crippen molar-refractivity contribution in [3.05, 3.63) is 29.8 Å². The molecule has 0 atom stereocenters. The minimum atomic E-state index is -0.143. The van der Waals surface area contributed by atoms with Gasteiger partial charge in [-0.05, 0) is 18.6 Å². The molecule has 1 N–H and O–H groups in total. The second-order valence-electron chi connectivity index (χ2n) is 3.93. The van der Waals surface area contributed by atoms with Crippen molar-refractivity contribution in [3.63, 3.8) is 0 Å². The van der Waals surface area contributed by atoms with Crippen molar-refractivity contribution in [2.45, 2.75) is 6.92 Å². The predicted octanol–water partition coefficient (Wildman–Crippen LogP) is 1.47. The topological polar surface area (TPSA) is 49.4 Å². The lowest BCUT2D eigenvalue weighted by atomic mass is 10.2. The Bertz CT molecular complexity index is 448. The molecule has 2 amide bonds. The molecule has 0 spiro atoms. The molecule has 1 fully saturated rings. The van der Waals surface area contributed by atoms with Crippen LogP contribution in [0.4, 0.5) is 5.69 Å². The van der Waals surface area contributed by atoms with Gasteiger partial charge in [-0.25, -0.2) is 0 Å². The van der Waals surface area contributed by atoms with Crippen LogP contribution in [0.5, 0.6) is 0 Å². The summed E-state index contributed by atoms with van der Waals surface area (Å²) in [5, 5.41) is 2.82. The highest BCUT2D eigenvalue weighted by molar-refractivity contribution is 8.00. The zero-order valence-corrected chi connectivity index (χ0v) is 10.4. The van der Waals surface area contributed by atoms with E-state index >= 15 is 0 Å². The summed E-state index contributed by atoms with van der Waals surface area (Å²) in [5.74, 6) is 0.989. The molecule has 2 rings (SSSR count). The van der Waals surface area contributed by atoms with Crippen molar-refractivity contribution in [2.24, 2.45) is 0 Å². The Hall–Kier alpha value is -1.49. The number of benzene rings is 1. The fraction of sp³-hybridized carbons (Fsp3) is 0.333. The third-order valence-corrected chi connectivity index (χ3v) is 3.52. The second kappa shape index (κ2) is 5.23. The van der Waals surface area contributed by atoms with Gasteiger partial charge in [0.2, 0.25) is 11.8 Å². The van der Waals surface area contributed by atoms with Crippen LogP contribution in [0.1, 0.15) is 5.56 Å². The van der Waals surface area contributed by atoms with Crippen LogP contribution in [0.25, 0.3) is 0 Å². The van der Waals surface area contributed by atoms with Crippen molar-refractivity contribution >= 4 is 29.3 Å². The Labute approximate surface area is 104 Å². The maximum absolute atomic E-state index is 11.8. The molecule has 0 saturated carbocycles. The summed E-state index contributed by atoms with van der Waals surface area (Å²) in [7, 11) is 0. The van der Waals surface area contributed by atoms with E-state index in [1.807, 2.05) is 31.2 Å². The van der Waals surface area contributed by atoms with E-state index in [0.29, 0.717) is 11.6 Å². The molecule has 1 heterocycles. The van der Waals surface area contributed by atoms with Gasteiger partial charge < -0.3 is 10.2 Å². The highest BCUT2D eigenvalue weighted by Crippen LogP contribution is 2.16. The van der Waals surface area contributed by atoms with Crippen LogP contribution in [0.2, 0.25) is 0 Å². The van der Waals surface area contributed by atoms with Crippen molar-refractivity contribution in [1.82, 2.24) is 4.90 Å². The van der Waals surface area contributed by atoms with E-state index in [0.717, 1.165) is 11.3 Å². The number of aryl methyl sites for hydroxylation is 1. The highest BCUT2D eigenvalue weighted by Gasteiger charge is 2.22. The molecule has 0 aliphatic carbocycles. The predicted molar refractivity (Wildman–Crippen MR) is 68.8 cm³/mol. The second-order valence-corrected chi connectivity index (χ2v) is 4.89. The number of carbonyl (C=O) groups is 2. The quantitative estimate of drug-likeness (QED) is 0.883. The van der Waals surface area contributed by atoms with Crippen LogP contribution < -0.4 is 5.32 Å². The number of thioether (sulfide) groups is 1. The summed E-state index contributed by atoms with van der Waals surface area (Å²) in [6.07, 6.45) is 0. The lowest BCUT2D eigenvalue weighted by Crippen LogP contribution is -2.34. The third-order valence-electron chi connectivity index (χ3n) is 2.58. The number of hydrogen-bond donors (Lipinski definition) is 1. The summed E-state index contributed by atoms with van der Waals surface area (Å²) in [6, 6.07) is 7.59. The molecular formula is C12H14N2O2S. The zero-order chi connectivity index (χ0) is 12.3. The monoisotopic (exact) mass is 250 g/mol. The van der Waals surface area contributed by atoms with Gasteiger partial charge in [0.25, 0.3) is 0 Å². The molecule has 0 radical (unpaired) electrons. The fourth-order valence-corrected chi connectivity index (χ4v) is 2.52. The summed E-state index contributed by atoms with van der Waals surface area (Å²) in [5.41, 5.74) is 1.82. The molecule has 1 saturated heterocycles. The Morgan fingerprint density at radius 2 is 2.24 bits per heavy atom. The van der Waals surface area contributed by atoms with Crippen molar-refractivity contribution in [2.75, 3.05) is 23.5 Å². The number of carbonyl (C=O) groups excluding carboxylic acids is 2. The standard InChI is InChI=1S/C12H14N2O2S/c1-9-4-2-3-5-10(9)13-11(15)6-14-8-17-7-12(14)16/h2-5H,6-8H2,1H3,(H,13,15). The van der Waals surface area contributed by atoms with Gasteiger partial charge >= 0.3 is 0 Å². The highest BCUT2D eigenvalue weighted by atomic mass is 32.2. The SMILES string of the molecule is Cc1ccccc1NC(=O)CN1CSCC1=O. The minimum absolute atomic E-state index is 0.0370. The summed E-state index contributed by atoms with van der Waals surface area (Å²) >= 11 is 1.54. The van der Waals surface area contributed by atoms with Crippen LogP contribution in [0.3, 0.4) is 0 Å². The smallest absolute Gasteiger partial charge is 0.244 e. The van der Waals surface area contributed by atoms with Gasteiger partial charge in [-0.3, -0.25) is 9.59 Å². The first-order valence-electron chi connectivity index (χ1n) is 5.38. The summed E-state index contributed by atoms with van der Waals surface area (Å²) < 4.78 is 0. The van der Waals surface area contributed by atoms with E-state index in [4.69, 9.17) is 0 Å². The Balaban J connectivity index is 1.93. The molecule has 0 unspecified atom stereocenters.